The van der Waals surface area contributed by atoms with Gasteiger partial charge in [-0.05, 0) is 13.6 Å². The molecule has 0 spiro atoms. The van der Waals surface area contributed by atoms with Crippen LogP contribution in [0.1, 0.15) is 12.8 Å². The van der Waals surface area contributed by atoms with Gasteiger partial charge in [-0.15, -0.1) is 0 Å². The SMILES string of the molecule is CN1[CH-]CCC1.[Na+]. The molecule has 0 atom stereocenters. The molecule has 0 aromatic carbocycles. The Morgan fingerprint density at radius 1 is 1.57 bits per heavy atom. The fourth-order valence-corrected chi connectivity index (χ4v) is 0.744. The monoisotopic (exact) mass is 107 g/mol. The van der Waals surface area contributed by atoms with Crippen molar-refractivity contribution in [1.29, 1.82) is 0 Å². The molecule has 0 aromatic rings. The van der Waals surface area contributed by atoms with Gasteiger partial charge in [-0.1, -0.05) is 6.42 Å². The summed E-state index contributed by atoms with van der Waals surface area (Å²) < 4.78 is 0. The summed E-state index contributed by atoms with van der Waals surface area (Å²) in [5.41, 5.74) is 0. The molecule has 1 nitrogen and oxygen atoms in total. The van der Waals surface area contributed by atoms with Crippen LogP contribution in [0.15, 0.2) is 0 Å². The van der Waals surface area contributed by atoms with Crippen LogP contribution >= 0.6 is 0 Å². The molecule has 0 saturated carbocycles. The van der Waals surface area contributed by atoms with Gasteiger partial charge in [-0.2, -0.15) is 6.42 Å². The van der Waals surface area contributed by atoms with E-state index in [0.717, 1.165) is 0 Å². The minimum Gasteiger partial charge on any atom is -0.459 e. The molecule has 1 rings (SSSR count). The summed E-state index contributed by atoms with van der Waals surface area (Å²) in [6.07, 6.45) is 2.65. The molecule has 0 aromatic heterocycles. The van der Waals surface area contributed by atoms with Crippen LogP contribution in [-0.4, -0.2) is 18.5 Å². The first-order valence-corrected chi connectivity index (χ1v) is 2.43. The Bertz CT molecular complexity index is 41.3. The number of hydrogen-bond donors (Lipinski definition) is 0. The smallest absolute Gasteiger partial charge is 0.459 e. The molecule has 2 heteroatoms. The van der Waals surface area contributed by atoms with Gasteiger partial charge in [-0.3, -0.25) is 6.54 Å². The van der Waals surface area contributed by atoms with E-state index in [1.54, 1.807) is 0 Å². The van der Waals surface area contributed by atoms with Gasteiger partial charge >= 0.3 is 29.6 Å². The zero-order chi connectivity index (χ0) is 4.41. The van der Waals surface area contributed by atoms with Crippen molar-refractivity contribution in [3.8, 4) is 0 Å². The molecule has 7 heavy (non-hydrogen) atoms. The maximum absolute atomic E-state index is 2.24. The van der Waals surface area contributed by atoms with E-state index in [-0.39, 0.29) is 29.6 Å². The Kier molecular flexibility index (Phi) is 4.44. The average Bonchev–Trinajstić information content (AvgIpc) is 1.86. The molecule has 0 radical (unpaired) electrons. The van der Waals surface area contributed by atoms with Crippen LogP contribution in [0.2, 0.25) is 0 Å². The largest absolute Gasteiger partial charge is 1.00 e. The van der Waals surface area contributed by atoms with E-state index in [1.165, 1.54) is 19.4 Å². The minimum absolute atomic E-state index is 0. The fourth-order valence-electron chi connectivity index (χ4n) is 0.744. The van der Waals surface area contributed by atoms with Crippen LogP contribution in [0, 0.1) is 6.54 Å². The van der Waals surface area contributed by atoms with E-state index in [4.69, 9.17) is 0 Å². The summed E-state index contributed by atoms with van der Waals surface area (Å²) in [4.78, 5) is 2.24. The molecule has 0 amide bonds. The zero-order valence-electron chi connectivity index (χ0n) is 5.15. The van der Waals surface area contributed by atoms with Gasteiger partial charge in [0.05, 0.1) is 0 Å². The number of likely N-dealkylation sites (tertiary alicyclic amines) is 1. The van der Waals surface area contributed by atoms with Gasteiger partial charge in [0.15, 0.2) is 0 Å². The molecule has 1 aliphatic heterocycles. The molecule has 0 unspecified atom stereocenters. The number of nitrogens with zero attached hydrogens (tertiary/aromatic N) is 1. The molecule has 0 aliphatic carbocycles. The van der Waals surface area contributed by atoms with Crippen molar-refractivity contribution in [1.82, 2.24) is 4.90 Å². The molecule has 1 fully saturated rings. The predicted octanol–water partition coefficient (Wildman–Crippen LogP) is -2.12. The van der Waals surface area contributed by atoms with Gasteiger partial charge in [0, 0.05) is 0 Å². The van der Waals surface area contributed by atoms with Crippen LogP contribution in [-0.2, 0) is 0 Å². The zero-order valence-corrected chi connectivity index (χ0v) is 7.15. The summed E-state index contributed by atoms with van der Waals surface area (Å²) >= 11 is 0. The summed E-state index contributed by atoms with van der Waals surface area (Å²) in [5, 5.41) is 0. The minimum atomic E-state index is 0. The third-order valence-corrected chi connectivity index (χ3v) is 1.16. The van der Waals surface area contributed by atoms with Crippen molar-refractivity contribution in [3.63, 3.8) is 0 Å². The first-order chi connectivity index (χ1) is 2.89. The topological polar surface area (TPSA) is 3.24 Å². The second kappa shape index (κ2) is 3.90. The number of rotatable bonds is 0. The molecule has 1 saturated heterocycles. The maximum Gasteiger partial charge on any atom is 1.00 e. The molecule has 36 valence electrons. The van der Waals surface area contributed by atoms with Crippen molar-refractivity contribution >= 4 is 0 Å². The summed E-state index contributed by atoms with van der Waals surface area (Å²) in [6, 6.07) is 0. The number of hydrogen-bond acceptors (Lipinski definition) is 1. The van der Waals surface area contributed by atoms with Gasteiger partial charge in [0.2, 0.25) is 0 Å². The second-order valence-corrected chi connectivity index (χ2v) is 1.81. The molecule has 0 bridgehead atoms. The second-order valence-electron chi connectivity index (χ2n) is 1.81. The molecule has 0 N–H and O–H groups in total. The van der Waals surface area contributed by atoms with E-state index in [0.29, 0.717) is 0 Å². The van der Waals surface area contributed by atoms with E-state index < -0.39 is 0 Å². The predicted molar refractivity (Wildman–Crippen MR) is 26.2 cm³/mol. The third-order valence-electron chi connectivity index (χ3n) is 1.16. The summed E-state index contributed by atoms with van der Waals surface area (Å²) in [6.45, 7) is 3.50. The summed E-state index contributed by atoms with van der Waals surface area (Å²) in [5.74, 6) is 0. The van der Waals surface area contributed by atoms with Crippen LogP contribution < -0.4 is 29.6 Å². The average molecular weight is 107 g/mol. The van der Waals surface area contributed by atoms with Crippen molar-refractivity contribution in [2.75, 3.05) is 13.6 Å². The Morgan fingerprint density at radius 2 is 2.29 bits per heavy atom. The standard InChI is InChI=1S/C5H10N.Na/c1-6-4-2-3-5-6;/h4H,2-3,5H2,1H3;/q-1;+1. The van der Waals surface area contributed by atoms with Gasteiger partial charge in [0.1, 0.15) is 0 Å². The molecule has 1 heterocycles. The van der Waals surface area contributed by atoms with E-state index >= 15 is 0 Å². The Morgan fingerprint density at radius 3 is 2.43 bits per heavy atom. The van der Waals surface area contributed by atoms with Crippen molar-refractivity contribution in [3.05, 3.63) is 6.54 Å². The van der Waals surface area contributed by atoms with Crippen LogP contribution in [0.3, 0.4) is 0 Å². The van der Waals surface area contributed by atoms with Crippen LogP contribution in [0.25, 0.3) is 0 Å². The Balaban J connectivity index is 0.000000360. The van der Waals surface area contributed by atoms with Gasteiger partial charge in [0.25, 0.3) is 0 Å². The first kappa shape index (κ1) is 7.96. The van der Waals surface area contributed by atoms with E-state index in [9.17, 15) is 0 Å². The Hall–Kier alpha value is 0.960. The van der Waals surface area contributed by atoms with E-state index in [1.807, 2.05) is 0 Å². The van der Waals surface area contributed by atoms with E-state index in [2.05, 4.69) is 18.5 Å². The van der Waals surface area contributed by atoms with Crippen molar-refractivity contribution in [2.24, 2.45) is 0 Å². The molecule has 1 aliphatic rings. The van der Waals surface area contributed by atoms with Crippen molar-refractivity contribution < 1.29 is 29.6 Å². The third kappa shape index (κ3) is 2.70. The normalized spacial score (nSPS) is 21.9. The summed E-state index contributed by atoms with van der Waals surface area (Å²) in [7, 11) is 2.12. The van der Waals surface area contributed by atoms with Crippen LogP contribution in [0.4, 0.5) is 0 Å². The molecular weight excluding hydrogens is 97.1 g/mol. The maximum atomic E-state index is 2.24. The quantitative estimate of drug-likeness (QED) is 0.253. The Labute approximate surface area is 67.4 Å². The first-order valence-electron chi connectivity index (χ1n) is 2.43. The van der Waals surface area contributed by atoms with Gasteiger partial charge in [-0.25, -0.2) is 0 Å². The molecular formula is C5H10NNa. The van der Waals surface area contributed by atoms with Crippen molar-refractivity contribution in [2.45, 2.75) is 12.8 Å². The van der Waals surface area contributed by atoms with Crippen LogP contribution in [0.5, 0.6) is 0 Å². The fraction of sp³-hybridized carbons (Fsp3) is 0.800. The van der Waals surface area contributed by atoms with Gasteiger partial charge < -0.3 is 4.90 Å².